The molecule has 0 spiro atoms. The number of halogens is 1. The predicted molar refractivity (Wildman–Crippen MR) is 71.9 cm³/mol. The molecule has 90 valence electrons. The molecular weight excluding hydrogens is 266 g/mol. The van der Waals surface area contributed by atoms with Crippen molar-refractivity contribution in [2.24, 2.45) is 5.73 Å². The van der Waals surface area contributed by atoms with Gasteiger partial charge in [-0.3, -0.25) is 0 Å². The van der Waals surface area contributed by atoms with E-state index in [-0.39, 0.29) is 5.54 Å². The van der Waals surface area contributed by atoms with Gasteiger partial charge in [0.2, 0.25) is 0 Å². The van der Waals surface area contributed by atoms with Crippen LogP contribution in [0.25, 0.3) is 0 Å². The van der Waals surface area contributed by atoms with Crippen LogP contribution in [0.3, 0.4) is 0 Å². The normalized spacial score (nSPS) is 11.6. The molecule has 0 aromatic heterocycles. The molecule has 3 heteroatoms. The molecule has 0 atom stereocenters. The molecule has 0 radical (unpaired) electrons. The Kier molecular flexibility index (Phi) is 4.81. The van der Waals surface area contributed by atoms with E-state index in [1.54, 1.807) is 7.11 Å². The molecule has 0 fully saturated rings. The van der Waals surface area contributed by atoms with Gasteiger partial charge in [0.05, 0.1) is 11.6 Å². The van der Waals surface area contributed by atoms with Crippen molar-refractivity contribution in [3.8, 4) is 5.75 Å². The number of hydrogen-bond donors (Lipinski definition) is 1. The molecular formula is C13H20BrNO. The topological polar surface area (TPSA) is 35.2 Å². The van der Waals surface area contributed by atoms with Gasteiger partial charge in [-0.1, -0.05) is 6.07 Å². The molecule has 0 unspecified atom stereocenters. The fourth-order valence-corrected chi connectivity index (χ4v) is 2.20. The monoisotopic (exact) mass is 285 g/mol. The van der Waals surface area contributed by atoms with Gasteiger partial charge < -0.3 is 10.5 Å². The third-order valence-electron chi connectivity index (χ3n) is 2.50. The Morgan fingerprint density at radius 3 is 2.56 bits per heavy atom. The maximum absolute atomic E-state index is 5.95. The summed E-state index contributed by atoms with van der Waals surface area (Å²) < 4.78 is 6.21. The SMILES string of the molecule is COc1ccc(CCCC(C)(C)N)cc1Br. The van der Waals surface area contributed by atoms with E-state index in [1.807, 2.05) is 6.07 Å². The Balaban J connectivity index is 2.52. The quantitative estimate of drug-likeness (QED) is 0.899. The first-order valence-electron chi connectivity index (χ1n) is 5.54. The highest BCUT2D eigenvalue weighted by Crippen LogP contribution is 2.26. The molecule has 0 aliphatic carbocycles. The average Bonchev–Trinajstić information content (AvgIpc) is 2.16. The fourth-order valence-electron chi connectivity index (χ4n) is 1.61. The molecule has 0 bridgehead atoms. The minimum atomic E-state index is -0.0658. The molecule has 2 N–H and O–H groups in total. The third kappa shape index (κ3) is 4.54. The summed E-state index contributed by atoms with van der Waals surface area (Å²) in [6.45, 7) is 4.13. The Morgan fingerprint density at radius 2 is 2.06 bits per heavy atom. The highest BCUT2D eigenvalue weighted by atomic mass is 79.9. The van der Waals surface area contributed by atoms with Crippen LogP contribution < -0.4 is 10.5 Å². The summed E-state index contributed by atoms with van der Waals surface area (Å²) in [6, 6.07) is 6.21. The summed E-state index contributed by atoms with van der Waals surface area (Å²) in [5.41, 5.74) is 7.20. The number of hydrogen-bond acceptors (Lipinski definition) is 2. The lowest BCUT2D eigenvalue weighted by Crippen LogP contribution is -2.31. The van der Waals surface area contributed by atoms with Crippen LogP contribution in [0.1, 0.15) is 32.3 Å². The van der Waals surface area contributed by atoms with Crippen LogP contribution in [-0.2, 0) is 6.42 Å². The van der Waals surface area contributed by atoms with E-state index < -0.39 is 0 Å². The van der Waals surface area contributed by atoms with Crippen molar-refractivity contribution >= 4 is 15.9 Å². The summed E-state index contributed by atoms with van der Waals surface area (Å²) >= 11 is 3.49. The molecule has 0 saturated heterocycles. The Hall–Kier alpha value is -0.540. The molecule has 0 aliphatic heterocycles. The molecule has 1 aromatic carbocycles. The first-order chi connectivity index (χ1) is 7.42. The standard InChI is InChI=1S/C13H20BrNO/c1-13(2,15)8-4-5-10-6-7-12(16-3)11(14)9-10/h6-7,9H,4-5,8,15H2,1-3H3. The number of methoxy groups -OCH3 is 1. The first-order valence-corrected chi connectivity index (χ1v) is 6.33. The number of rotatable bonds is 5. The van der Waals surface area contributed by atoms with E-state index in [4.69, 9.17) is 10.5 Å². The number of benzene rings is 1. The zero-order chi connectivity index (χ0) is 12.2. The minimum absolute atomic E-state index is 0.0658. The van der Waals surface area contributed by atoms with E-state index in [0.29, 0.717) is 0 Å². The van der Waals surface area contributed by atoms with E-state index in [1.165, 1.54) is 5.56 Å². The second kappa shape index (κ2) is 5.69. The maximum atomic E-state index is 5.95. The van der Waals surface area contributed by atoms with Crippen LogP contribution >= 0.6 is 15.9 Å². The molecule has 0 aliphatic rings. The highest BCUT2D eigenvalue weighted by molar-refractivity contribution is 9.10. The van der Waals surface area contributed by atoms with Crippen molar-refractivity contribution in [3.05, 3.63) is 28.2 Å². The molecule has 16 heavy (non-hydrogen) atoms. The molecule has 0 heterocycles. The lowest BCUT2D eigenvalue weighted by Gasteiger charge is -2.17. The van der Waals surface area contributed by atoms with Gasteiger partial charge in [0.15, 0.2) is 0 Å². The molecule has 2 nitrogen and oxygen atoms in total. The second-order valence-electron chi connectivity index (χ2n) is 4.81. The van der Waals surface area contributed by atoms with E-state index in [2.05, 4.69) is 41.9 Å². The fraction of sp³-hybridized carbons (Fsp3) is 0.538. The first kappa shape index (κ1) is 13.5. The van der Waals surface area contributed by atoms with Crippen LogP contribution in [0, 0.1) is 0 Å². The van der Waals surface area contributed by atoms with Crippen molar-refractivity contribution in [3.63, 3.8) is 0 Å². The number of nitrogens with two attached hydrogens (primary N) is 1. The van der Waals surface area contributed by atoms with Crippen LogP contribution in [0.5, 0.6) is 5.75 Å². The highest BCUT2D eigenvalue weighted by Gasteiger charge is 2.10. The van der Waals surface area contributed by atoms with E-state index in [0.717, 1.165) is 29.5 Å². The lowest BCUT2D eigenvalue weighted by molar-refractivity contribution is 0.412. The molecule has 0 saturated carbocycles. The lowest BCUT2D eigenvalue weighted by atomic mass is 9.97. The van der Waals surface area contributed by atoms with Gasteiger partial charge in [-0.2, -0.15) is 0 Å². The van der Waals surface area contributed by atoms with Gasteiger partial charge in [0.1, 0.15) is 5.75 Å². The van der Waals surface area contributed by atoms with E-state index in [9.17, 15) is 0 Å². The Labute approximate surface area is 106 Å². The van der Waals surface area contributed by atoms with Gasteiger partial charge in [-0.15, -0.1) is 0 Å². The van der Waals surface area contributed by atoms with Crippen molar-refractivity contribution < 1.29 is 4.74 Å². The smallest absolute Gasteiger partial charge is 0.133 e. The second-order valence-corrected chi connectivity index (χ2v) is 5.67. The van der Waals surface area contributed by atoms with Gasteiger partial charge >= 0.3 is 0 Å². The summed E-state index contributed by atoms with van der Waals surface area (Å²) in [6.07, 6.45) is 3.21. The third-order valence-corrected chi connectivity index (χ3v) is 3.12. The van der Waals surface area contributed by atoms with Gasteiger partial charge in [0, 0.05) is 5.54 Å². The molecule has 1 rings (SSSR count). The maximum Gasteiger partial charge on any atom is 0.133 e. The Morgan fingerprint density at radius 1 is 1.38 bits per heavy atom. The molecule has 1 aromatic rings. The van der Waals surface area contributed by atoms with Crippen LogP contribution in [0.2, 0.25) is 0 Å². The number of aryl methyl sites for hydroxylation is 1. The summed E-state index contributed by atoms with van der Waals surface area (Å²) in [7, 11) is 1.68. The van der Waals surface area contributed by atoms with Crippen molar-refractivity contribution in [2.45, 2.75) is 38.6 Å². The van der Waals surface area contributed by atoms with Crippen LogP contribution in [0.4, 0.5) is 0 Å². The summed E-state index contributed by atoms with van der Waals surface area (Å²) in [5.74, 6) is 0.878. The zero-order valence-corrected chi connectivity index (χ0v) is 11.8. The Bertz CT molecular complexity index is 344. The van der Waals surface area contributed by atoms with E-state index >= 15 is 0 Å². The van der Waals surface area contributed by atoms with Crippen molar-refractivity contribution in [2.75, 3.05) is 7.11 Å². The van der Waals surface area contributed by atoms with Crippen molar-refractivity contribution in [1.82, 2.24) is 0 Å². The van der Waals surface area contributed by atoms with Gasteiger partial charge in [0.25, 0.3) is 0 Å². The minimum Gasteiger partial charge on any atom is -0.496 e. The summed E-state index contributed by atoms with van der Waals surface area (Å²) in [4.78, 5) is 0. The van der Waals surface area contributed by atoms with Crippen LogP contribution in [0.15, 0.2) is 22.7 Å². The van der Waals surface area contributed by atoms with Crippen molar-refractivity contribution in [1.29, 1.82) is 0 Å². The summed E-state index contributed by atoms with van der Waals surface area (Å²) in [5, 5.41) is 0. The predicted octanol–water partition coefficient (Wildman–Crippen LogP) is 3.52. The average molecular weight is 286 g/mol. The van der Waals surface area contributed by atoms with Crippen LogP contribution in [-0.4, -0.2) is 12.6 Å². The van der Waals surface area contributed by atoms with Gasteiger partial charge in [-0.25, -0.2) is 0 Å². The number of ether oxygens (including phenoxy) is 1. The zero-order valence-electron chi connectivity index (χ0n) is 10.2. The largest absolute Gasteiger partial charge is 0.496 e. The molecule has 0 amide bonds. The van der Waals surface area contributed by atoms with Gasteiger partial charge in [-0.05, 0) is 66.7 Å².